The van der Waals surface area contributed by atoms with Gasteiger partial charge in [0, 0.05) is 0 Å². The second-order valence-corrected chi connectivity index (χ2v) is 8.95. The lowest BCUT2D eigenvalue weighted by Gasteiger charge is -2.27. The Morgan fingerprint density at radius 2 is 1.50 bits per heavy atom. The summed E-state index contributed by atoms with van der Waals surface area (Å²) in [4.78, 5) is 40.3. The number of carbonyl (C=O) groups is 3. The van der Waals surface area contributed by atoms with Crippen LogP contribution < -0.4 is 15.8 Å². The molecule has 1 atom stereocenters. The number of anilines is 1. The van der Waals surface area contributed by atoms with Gasteiger partial charge in [-0.05, 0) is 47.0 Å². The second-order valence-electron chi connectivity index (χ2n) is 8.95. The van der Waals surface area contributed by atoms with Crippen LogP contribution in [-0.4, -0.2) is 29.3 Å². The van der Waals surface area contributed by atoms with E-state index in [1.54, 1.807) is 11.9 Å². The van der Waals surface area contributed by atoms with Crippen molar-refractivity contribution >= 4 is 34.3 Å². The molecule has 2 N–H and O–H groups in total. The van der Waals surface area contributed by atoms with Crippen LogP contribution >= 0.6 is 0 Å². The molecule has 4 amide bonds. The van der Waals surface area contributed by atoms with Crippen LogP contribution in [0.2, 0.25) is 0 Å². The second kappa shape index (κ2) is 9.54. The van der Waals surface area contributed by atoms with E-state index >= 15 is 0 Å². The van der Waals surface area contributed by atoms with E-state index < -0.39 is 29.9 Å². The number of urea groups is 1. The van der Waals surface area contributed by atoms with Crippen molar-refractivity contribution in [2.45, 2.75) is 19.0 Å². The Bertz CT molecular complexity index is 1420. The molecule has 1 fully saturated rings. The van der Waals surface area contributed by atoms with Crippen molar-refractivity contribution in [3.05, 3.63) is 114 Å². The number of fused-ring (bicyclic) bond motifs is 1. The van der Waals surface area contributed by atoms with E-state index in [0.29, 0.717) is 12.1 Å². The first-order chi connectivity index (χ1) is 17.4. The van der Waals surface area contributed by atoms with E-state index in [9.17, 15) is 14.4 Å². The van der Waals surface area contributed by atoms with Crippen LogP contribution in [0.1, 0.15) is 18.1 Å². The van der Waals surface area contributed by atoms with Gasteiger partial charge in [0.2, 0.25) is 0 Å². The molecule has 1 unspecified atom stereocenters. The number of benzene rings is 4. The number of amides is 4. The molecule has 5 rings (SSSR count). The molecule has 4 aromatic carbocycles. The maximum absolute atomic E-state index is 13.4. The minimum atomic E-state index is -1.26. The van der Waals surface area contributed by atoms with Crippen molar-refractivity contribution in [3.63, 3.8) is 0 Å². The summed E-state index contributed by atoms with van der Waals surface area (Å²) in [5.41, 5.74) is 4.05. The summed E-state index contributed by atoms with van der Waals surface area (Å²) in [5.74, 6) is -0.937. The number of hydrogen-bond donors (Lipinski definition) is 2. The minimum Gasteiger partial charge on any atom is -0.319 e. The molecule has 0 bridgehead atoms. The third-order valence-corrected chi connectivity index (χ3v) is 6.41. The normalized spacial score (nSPS) is 17.2. The summed E-state index contributed by atoms with van der Waals surface area (Å²) in [6.45, 7) is 1.69. The van der Waals surface area contributed by atoms with Crippen LogP contribution in [0, 0.1) is 0 Å². The highest BCUT2D eigenvalue weighted by molar-refractivity contribution is 6.09. The number of hydrazine groups is 1. The highest BCUT2D eigenvalue weighted by Crippen LogP contribution is 2.31. The molecule has 1 saturated heterocycles. The van der Waals surface area contributed by atoms with Crippen LogP contribution in [0.5, 0.6) is 0 Å². The van der Waals surface area contributed by atoms with Crippen LogP contribution in [-0.2, 0) is 21.7 Å². The first-order valence-corrected chi connectivity index (χ1v) is 11.7. The number of nitrogens with one attached hydrogen (secondary N) is 2. The van der Waals surface area contributed by atoms with E-state index in [4.69, 9.17) is 0 Å². The Morgan fingerprint density at radius 1 is 0.861 bits per heavy atom. The van der Waals surface area contributed by atoms with Gasteiger partial charge < -0.3 is 5.32 Å². The molecule has 7 nitrogen and oxygen atoms in total. The maximum atomic E-state index is 13.4. The van der Waals surface area contributed by atoms with Gasteiger partial charge in [-0.2, -0.15) is 0 Å². The van der Waals surface area contributed by atoms with Crippen molar-refractivity contribution in [1.82, 2.24) is 15.6 Å². The van der Waals surface area contributed by atoms with Crippen LogP contribution in [0.25, 0.3) is 10.8 Å². The van der Waals surface area contributed by atoms with Gasteiger partial charge in [0.1, 0.15) is 12.1 Å². The SMILES string of the molecule is CC1(c2ccc3ccccc3c2)NC(=O)N(CC(=O)NN(Cc2ccccc2)c2ccccc2)C1=O. The lowest BCUT2D eigenvalue weighted by Crippen LogP contribution is -2.48. The van der Waals surface area contributed by atoms with E-state index in [-0.39, 0.29) is 0 Å². The van der Waals surface area contributed by atoms with Gasteiger partial charge in [0.25, 0.3) is 11.8 Å². The van der Waals surface area contributed by atoms with Crippen molar-refractivity contribution in [2.24, 2.45) is 0 Å². The average Bonchev–Trinajstić information content (AvgIpc) is 3.12. The molecule has 0 saturated carbocycles. The minimum absolute atomic E-state index is 0.397. The number of carbonyl (C=O) groups excluding carboxylic acids is 3. The Morgan fingerprint density at radius 3 is 2.22 bits per heavy atom. The number of para-hydroxylation sites is 1. The van der Waals surface area contributed by atoms with Crippen LogP contribution in [0.4, 0.5) is 10.5 Å². The third-order valence-electron chi connectivity index (χ3n) is 6.41. The number of imide groups is 1. The van der Waals surface area contributed by atoms with Gasteiger partial charge in [0.15, 0.2) is 0 Å². The molecule has 0 aromatic heterocycles. The summed E-state index contributed by atoms with van der Waals surface area (Å²) in [7, 11) is 0. The standard InChI is InChI=1S/C29H26N4O3/c1-29(24-17-16-22-12-8-9-13-23(22)18-24)27(35)32(28(36)30-29)20-26(34)31-33(25-14-6-3-7-15-25)19-21-10-4-2-5-11-21/h2-18H,19-20H2,1H3,(H,30,36)(H,31,34). The zero-order chi connectivity index (χ0) is 25.1. The molecular formula is C29H26N4O3. The van der Waals surface area contributed by atoms with Gasteiger partial charge >= 0.3 is 6.03 Å². The monoisotopic (exact) mass is 478 g/mol. The molecule has 36 heavy (non-hydrogen) atoms. The summed E-state index contributed by atoms with van der Waals surface area (Å²) < 4.78 is 0. The van der Waals surface area contributed by atoms with Crippen molar-refractivity contribution in [3.8, 4) is 0 Å². The number of rotatable bonds is 7. The fourth-order valence-corrected chi connectivity index (χ4v) is 4.44. The Kier molecular flexibility index (Phi) is 6.12. The zero-order valence-electron chi connectivity index (χ0n) is 19.8. The smallest absolute Gasteiger partial charge is 0.319 e. The highest BCUT2D eigenvalue weighted by atomic mass is 16.2. The lowest BCUT2D eigenvalue weighted by atomic mass is 9.90. The highest BCUT2D eigenvalue weighted by Gasteiger charge is 2.49. The van der Waals surface area contributed by atoms with E-state index in [1.165, 1.54) is 0 Å². The lowest BCUT2D eigenvalue weighted by molar-refractivity contribution is -0.134. The van der Waals surface area contributed by atoms with Crippen LogP contribution in [0.15, 0.2) is 103 Å². The Hall–Kier alpha value is -4.65. The molecule has 0 radical (unpaired) electrons. The molecule has 1 aliphatic rings. The molecule has 180 valence electrons. The van der Waals surface area contributed by atoms with Gasteiger partial charge in [-0.3, -0.25) is 24.9 Å². The topological polar surface area (TPSA) is 81.8 Å². The average molecular weight is 479 g/mol. The summed E-state index contributed by atoms with van der Waals surface area (Å²) in [6.07, 6.45) is 0. The Balaban J connectivity index is 1.34. The summed E-state index contributed by atoms with van der Waals surface area (Å²) in [5, 5.41) is 6.50. The third kappa shape index (κ3) is 4.51. The maximum Gasteiger partial charge on any atom is 0.325 e. The molecule has 0 spiro atoms. The molecule has 4 aromatic rings. The number of hydrogen-bond acceptors (Lipinski definition) is 4. The largest absolute Gasteiger partial charge is 0.325 e. The van der Waals surface area contributed by atoms with Crippen molar-refractivity contribution in [2.75, 3.05) is 11.6 Å². The fraction of sp³-hybridized carbons (Fsp3) is 0.138. The molecular weight excluding hydrogens is 452 g/mol. The number of nitrogens with zero attached hydrogens (tertiary/aromatic N) is 2. The fourth-order valence-electron chi connectivity index (χ4n) is 4.44. The summed E-state index contributed by atoms with van der Waals surface area (Å²) >= 11 is 0. The first kappa shape index (κ1) is 23.1. The van der Waals surface area contributed by atoms with E-state index in [1.807, 2.05) is 103 Å². The Labute approximate surface area is 209 Å². The predicted molar refractivity (Wildman–Crippen MR) is 139 cm³/mol. The molecule has 1 aliphatic heterocycles. The van der Waals surface area contributed by atoms with E-state index in [0.717, 1.165) is 26.9 Å². The quantitative estimate of drug-likeness (QED) is 0.306. The van der Waals surface area contributed by atoms with Crippen molar-refractivity contribution in [1.29, 1.82) is 0 Å². The van der Waals surface area contributed by atoms with Gasteiger partial charge in [0.05, 0.1) is 12.2 Å². The van der Waals surface area contributed by atoms with Gasteiger partial charge in [-0.1, -0.05) is 84.9 Å². The molecule has 0 aliphatic carbocycles. The zero-order valence-corrected chi connectivity index (χ0v) is 19.8. The molecule has 1 heterocycles. The summed E-state index contributed by atoms with van der Waals surface area (Å²) in [6, 6.07) is 32.0. The first-order valence-electron chi connectivity index (χ1n) is 11.7. The van der Waals surface area contributed by atoms with E-state index in [2.05, 4.69) is 10.7 Å². The van der Waals surface area contributed by atoms with Crippen molar-refractivity contribution < 1.29 is 14.4 Å². The van der Waals surface area contributed by atoms with Crippen LogP contribution in [0.3, 0.4) is 0 Å². The predicted octanol–water partition coefficient (Wildman–Crippen LogP) is 4.34. The van der Waals surface area contributed by atoms with Gasteiger partial charge in [-0.15, -0.1) is 0 Å². The molecule has 7 heteroatoms. The van der Waals surface area contributed by atoms with Gasteiger partial charge in [-0.25, -0.2) is 4.79 Å².